The fraction of sp³-hybridized carbons (Fsp3) is 0.500. The number of carboxylic acids is 1. The molecule has 3 heteroatoms. The summed E-state index contributed by atoms with van der Waals surface area (Å²) < 4.78 is 0. The predicted molar refractivity (Wildman–Crippen MR) is 69.0 cm³/mol. The van der Waals surface area contributed by atoms with Crippen LogP contribution in [0.25, 0.3) is 0 Å². The van der Waals surface area contributed by atoms with E-state index in [1.807, 2.05) is 0 Å². The maximum atomic E-state index is 10.5. The van der Waals surface area contributed by atoms with Gasteiger partial charge in [-0.25, -0.2) is 0 Å². The molecule has 0 heterocycles. The summed E-state index contributed by atoms with van der Waals surface area (Å²) in [4.78, 5) is 10.5. The van der Waals surface area contributed by atoms with Crippen LogP contribution in [0.4, 0.5) is 0 Å². The molecule has 0 amide bonds. The van der Waals surface area contributed by atoms with E-state index in [-0.39, 0.29) is 0 Å². The summed E-state index contributed by atoms with van der Waals surface area (Å²) in [5.41, 5.74) is 8.05. The zero-order valence-corrected chi connectivity index (χ0v) is 10.4. The molecule has 0 saturated carbocycles. The van der Waals surface area contributed by atoms with Gasteiger partial charge in [-0.2, -0.15) is 0 Å². The first-order valence-electron chi connectivity index (χ1n) is 6.13. The molecular formula is C14H21NO2. The summed E-state index contributed by atoms with van der Waals surface area (Å²) in [6, 6.07) is 7.84. The highest BCUT2D eigenvalue weighted by Crippen LogP contribution is 2.09. The molecule has 1 rings (SSSR count). The van der Waals surface area contributed by atoms with Crippen molar-refractivity contribution in [2.45, 2.75) is 45.1 Å². The van der Waals surface area contributed by atoms with Crippen LogP contribution >= 0.6 is 0 Å². The third kappa shape index (κ3) is 5.50. The average molecular weight is 235 g/mol. The van der Waals surface area contributed by atoms with E-state index in [9.17, 15) is 4.79 Å². The van der Waals surface area contributed by atoms with E-state index in [1.165, 1.54) is 11.1 Å². The highest BCUT2D eigenvalue weighted by molar-refractivity contribution is 5.72. The van der Waals surface area contributed by atoms with Gasteiger partial charge in [0.05, 0.1) is 0 Å². The molecule has 1 aromatic rings. The first kappa shape index (κ1) is 13.7. The normalized spacial score (nSPS) is 12.4. The van der Waals surface area contributed by atoms with Crippen molar-refractivity contribution in [2.24, 2.45) is 5.73 Å². The minimum Gasteiger partial charge on any atom is -0.480 e. The fourth-order valence-corrected chi connectivity index (χ4v) is 1.75. The molecular weight excluding hydrogens is 214 g/mol. The molecule has 0 radical (unpaired) electrons. The first-order chi connectivity index (χ1) is 8.09. The lowest BCUT2D eigenvalue weighted by Crippen LogP contribution is -2.29. The van der Waals surface area contributed by atoms with Gasteiger partial charge in [-0.05, 0) is 31.7 Å². The molecule has 94 valence electrons. The maximum absolute atomic E-state index is 10.5. The van der Waals surface area contributed by atoms with E-state index in [0.29, 0.717) is 6.42 Å². The van der Waals surface area contributed by atoms with Crippen LogP contribution in [0.3, 0.4) is 0 Å². The Balaban J connectivity index is 2.12. The monoisotopic (exact) mass is 235 g/mol. The third-order valence-electron chi connectivity index (χ3n) is 2.92. The van der Waals surface area contributed by atoms with E-state index in [4.69, 9.17) is 10.8 Å². The number of benzene rings is 1. The molecule has 3 N–H and O–H groups in total. The average Bonchev–Trinajstić information content (AvgIpc) is 2.30. The maximum Gasteiger partial charge on any atom is 0.320 e. The molecule has 1 aromatic carbocycles. The van der Waals surface area contributed by atoms with Gasteiger partial charge >= 0.3 is 5.97 Å². The first-order valence-corrected chi connectivity index (χ1v) is 6.13. The summed E-state index contributed by atoms with van der Waals surface area (Å²) in [6.07, 6.45) is 4.65. The van der Waals surface area contributed by atoms with Crippen molar-refractivity contribution < 1.29 is 9.90 Å². The Morgan fingerprint density at radius 2 is 1.88 bits per heavy atom. The van der Waals surface area contributed by atoms with E-state index in [0.717, 1.165) is 25.7 Å². The second kappa shape index (κ2) is 7.07. The summed E-state index contributed by atoms with van der Waals surface area (Å²) in [5.74, 6) is -0.900. The second-order valence-corrected chi connectivity index (χ2v) is 4.53. The Kier molecular flexibility index (Phi) is 5.70. The Labute approximate surface area is 103 Å². The number of carbonyl (C=O) groups is 1. The van der Waals surface area contributed by atoms with Gasteiger partial charge in [0.2, 0.25) is 0 Å². The fourth-order valence-electron chi connectivity index (χ4n) is 1.75. The lowest BCUT2D eigenvalue weighted by molar-refractivity contribution is -0.138. The zero-order chi connectivity index (χ0) is 12.7. The quantitative estimate of drug-likeness (QED) is 0.714. The van der Waals surface area contributed by atoms with Gasteiger partial charge in [-0.1, -0.05) is 42.7 Å². The van der Waals surface area contributed by atoms with Crippen LogP contribution in [-0.2, 0) is 11.2 Å². The molecule has 1 unspecified atom stereocenters. The summed E-state index contributed by atoms with van der Waals surface area (Å²) >= 11 is 0. The lowest BCUT2D eigenvalue weighted by Gasteiger charge is -2.06. The van der Waals surface area contributed by atoms with Crippen LogP contribution in [0, 0.1) is 6.92 Å². The molecule has 0 aliphatic heterocycles. The van der Waals surface area contributed by atoms with Crippen molar-refractivity contribution in [1.82, 2.24) is 0 Å². The van der Waals surface area contributed by atoms with Crippen LogP contribution < -0.4 is 5.73 Å². The van der Waals surface area contributed by atoms with Crippen LogP contribution in [0.1, 0.15) is 36.8 Å². The summed E-state index contributed by atoms with van der Waals surface area (Å²) in [6.45, 7) is 2.08. The summed E-state index contributed by atoms with van der Waals surface area (Å²) in [5, 5.41) is 8.62. The Bertz CT molecular complexity index is 346. The molecule has 3 nitrogen and oxygen atoms in total. The molecule has 0 aliphatic rings. The Hall–Kier alpha value is -1.35. The zero-order valence-electron chi connectivity index (χ0n) is 10.4. The highest BCUT2D eigenvalue weighted by atomic mass is 16.4. The van der Waals surface area contributed by atoms with Gasteiger partial charge < -0.3 is 10.8 Å². The van der Waals surface area contributed by atoms with Gasteiger partial charge in [0.1, 0.15) is 6.04 Å². The van der Waals surface area contributed by atoms with Gasteiger partial charge in [0, 0.05) is 0 Å². The number of hydrogen-bond donors (Lipinski definition) is 2. The van der Waals surface area contributed by atoms with Crippen LogP contribution in [0.5, 0.6) is 0 Å². The largest absolute Gasteiger partial charge is 0.480 e. The van der Waals surface area contributed by atoms with Crippen molar-refractivity contribution in [3.8, 4) is 0 Å². The number of unbranched alkanes of at least 4 members (excludes halogenated alkanes) is 2. The molecule has 0 saturated heterocycles. The van der Waals surface area contributed by atoms with Crippen molar-refractivity contribution >= 4 is 5.97 Å². The van der Waals surface area contributed by atoms with Gasteiger partial charge in [-0.15, -0.1) is 0 Å². The number of aliphatic carboxylic acids is 1. The number of rotatable bonds is 7. The Morgan fingerprint density at radius 1 is 1.24 bits per heavy atom. The summed E-state index contributed by atoms with van der Waals surface area (Å²) in [7, 11) is 0. The van der Waals surface area contributed by atoms with Crippen LogP contribution in [-0.4, -0.2) is 17.1 Å². The molecule has 0 aliphatic carbocycles. The highest BCUT2D eigenvalue weighted by Gasteiger charge is 2.09. The van der Waals surface area contributed by atoms with E-state index < -0.39 is 12.0 Å². The van der Waals surface area contributed by atoms with Gasteiger partial charge in [0.25, 0.3) is 0 Å². The van der Waals surface area contributed by atoms with Crippen LogP contribution in [0.2, 0.25) is 0 Å². The molecule has 0 aromatic heterocycles. The molecule has 17 heavy (non-hydrogen) atoms. The van der Waals surface area contributed by atoms with Crippen molar-refractivity contribution in [1.29, 1.82) is 0 Å². The second-order valence-electron chi connectivity index (χ2n) is 4.53. The predicted octanol–water partition coefficient (Wildman–Crippen LogP) is 2.51. The Morgan fingerprint density at radius 3 is 2.47 bits per heavy atom. The standard InChI is InChI=1S/C14H21NO2/c1-11-7-9-12(10-8-11)5-3-2-4-6-13(15)14(16)17/h7-10,13H,2-6,15H2,1H3,(H,16,17). The van der Waals surface area contributed by atoms with Gasteiger partial charge in [0.15, 0.2) is 0 Å². The van der Waals surface area contributed by atoms with Crippen molar-refractivity contribution in [2.75, 3.05) is 0 Å². The number of hydrogen-bond acceptors (Lipinski definition) is 2. The lowest BCUT2D eigenvalue weighted by atomic mass is 10.0. The topological polar surface area (TPSA) is 63.3 Å². The molecule has 0 bridgehead atoms. The molecule has 1 atom stereocenters. The van der Waals surface area contributed by atoms with E-state index in [1.54, 1.807) is 0 Å². The van der Waals surface area contributed by atoms with Crippen LogP contribution in [0.15, 0.2) is 24.3 Å². The minimum absolute atomic E-state index is 0.573. The number of carboxylic acid groups (broad SMARTS) is 1. The molecule has 0 fully saturated rings. The SMILES string of the molecule is Cc1ccc(CCCCCC(N)C(=O)O)cc1. The van der Waals surface area contributed by atoms with Crippen molar-refractivity contribution in [3.63, 3.8) is 0 Å². The molecule has 0 spiro atoms. The third-order valence-corrected chi connectivity index (χ3v) is 2.92. The number of aryl methyl sites for hydroxylation is 2. The minimum atomic E-state index is -0.900. The van der Waals surface area contributed by atoms with Gasteiger partial charge in [-0.3, -0.25) is 4.79 Å². The van der Waals surface area contributed by atoms with E-state index in [2.05, 4.69) is 31.2 Å². The van der Waals surface area contributed by atoms with E-state index >= 15 is 0 Å². The van der Waals surface area contributed by atoms with Crippen molar-refractivity contribution in [3.05, 3.63) is 35.4 Å². The number of nitrogens with two attached hydrogens (primary N) is 1. The smallest absolute Gasteiger partial charge is 0.320 e.